The molecule has 0 saturated heterocycles. The largest absolute Gasteiger partial charge is 0.326 e. The van der Waals surface area contributed by atoms with Crippen LogP contribution in [0.2, 0.25) is 5.02 Å². The number of hydrogen-bond acceptors (Lipinski definition) is 3. The Morgan fingerprint density at radius 3 is 2.08 bits per heavy atom. The third-order valence-corrected chi connectivity index (χ3v) is 3.62. The molecule has 6 nitrogen and oxygen atoms in total. The smallest absolute Gasteiger partial charge is 0.314 e. The van der Waals surface area contributed by atoms with Crippen LogP contribution in [-0.2, 0) is 14.4 Å². The summed E-state index contributed by atoms with van der Waals surface area (Å²) < 4.78 is 0. The molecule has 0 unspecified atom stereocenters. The Hall–Kier alpha value is -2.86. The first-order chi connectivity index (χ1) is 11.8. The number of carbonyl (C=O) groups is 3. The molecular formula is C18H18ClN3O3. The second-order valence-corrected chi connectivity index (χ2v) is 6.02. The van der Waals surface area contributed by atoms with Crippen LogP contribution < -0.4 is 16.0 Å². The van der Waals surface area contributed by atoms with Crippen molar-refractivity contribution in [3.05, 3.63) is 52.5 Å². The molecule has 2 aromatic rings. The molecule has 0 atom stereocenters. The summed E-state index contributed by atoms with van der Waals surface area (Å²) in [6, 6.07) is 10.1. The van der Waals surface area contributed by atoms with Crippen LogP contribution >= 0.6 is 11.6 Å². The molecule has 0 aliphatic rings. The lowest BCUT2D eigenvalue weighted by molar-refractivity contribution is -0.133. The van der Waals surface area contributed by atoms with E-state index in [1.54, 1.807) is 37.3 Å². The zero-order chi connectivity index (χ0) is 18.6. The standard InChI is InChI=1S/C18H18ClN3O3/c1-10-7-11(2)16(15(19)8-10)22-18(25)17(24)21-14-6-4-5-13(9-14)20-12(3)23/h4-9H,1-3H3,(H,20,23)(H,21,24)(H,22,25). The number of nitrogens with one attached hydrogen (secondary N) is 3. The summed E-state index contributed by atoms with van der Waals surface area (Å²) >= 11 is 6.13. The van der Waals surface area contributed by atoms with Gasteiger partial charge in [-0.2, -0.15) is 0 Å². The molecule has 3 amide bonds. The number of carbonyl (C=O) groups excluding carboxylic acids is 3. The van der Waals surface area contributed by atoms with Crippen molar-refractivity contribution >= 4 is 46.4 Å². The maximum absolute atomic E-state index is 12.1. The van der Waals surface area contributed by atoms with Gasteiger partial charge in [-0.15, -0.1) is 0 Å². The molecule has 2 rings (SSSR count). The summed E-state index contributed by atoms with van der Waals surface area (Å²) in [6.07, 6.45) is 0. The van der Waals surface area contributed by atoms with Gasteiger partial charge in [0.1, 0.15) is 0 Å². The van der Waals surface area contributed by atoms with Crippen LogP contribution in [0.15, 0.2) is 36.4 Å². The molecule has 0 heterocycles. The van der Waals surface area contributed by atoms with Crippen LogP contribution in [-0.4, -0.2) is 17.7 Å². The van der Waals surface area contributed by atoms with E-state index < -0.39 is 11.8 Å². The van der Waals surface area contributed by atoms with Gasteiger partial charge in [0.05, 0.1) is 10.7 Å². The Bertz CT molecular complexity index is 826. The molecule has 25 heavy (non-hydrogen) atoms. The van der Waals surface area contributed by atoms with Gasteiger partial charge in [0.15, 0.2) is 0 Å². The zero-order valence-electron chi connectivity index (χ0n) is 14.1. The predicted octanol–water partition coefficient (Wildman–Crippen LogP) is 3.49. The van der Waals surface area contributed by atoms with Gasteiger partial charge in [0.2, 0.25) is 5.91 Å². The fraction of sp³-hybridized carbons (Fsp3) is 0.167. The van der Waals surface area contributed by atoms with Gasteiger partial charge in [0, 0.05) is 18.3 Å². The van der Waals surface area contributed by atoms with Crippen molar-refractivity contribution in [1.82, 2.24) is 0 Å². The number of anilines is 3. The maximum atomic E-state index is 12.1. The molecule has 130 valence electrons. The highest BCUT2D eigenvalue weighted by molar-refractivity contribution is 6.45. The number of amides is 3. The Morgan fingerprint density at radius 1 is 0.880 bits per heavy atom. The van der Waals surface area contributed by atoms with Gasteiger partial charge >= 0.3 is 11.8 Å². The monoisotopic (exact) mass is 359 g/mol. The van der Waals surface area contributed by atoms with Crippen molar-refractivity contribution < 1.29 is 14.4 Å². The average molecular weight is 360 g/mol. The van der Waals surface area contributed by atoms with E-state index in [-0.39, 0.29) is 5.91 Å². The highest BCUT2D eigenvalue weighted by Crippen LogP contribution is 2.27. The van der Waals surface area contributed by atoms with Gasteiger partial charge in [0.25, 0.3) is 0 Å². The van der Waals surface area contributed by atoms with Crippen molar-refractivity contribution in [2.24, 2.45) is 0 Å². The first kappa shape index (κ1) is 18.5. The van der Waals surface area contributed by atoms with Crippen molar-refractivity contribution in [3.63, 3.8) is 0 Å². The highest BCUT2D eigenvalue weighted by atomic mass is 35.5. The molecule has 0 saturated carbocycles. The van der Waals surface area contributed by atoms with Crippen LogP contribution in [0.1, 0.15) is 18.1 Å². The summed E-state index contributed by atoms with van der Waals surface area (Å²) in [6.45, 7) is 5.06. The molecule has 0 radical (unpaired) electrons. The minimum atomic E-state index is -0.837. The molecule has 0 spiro atoms. The lowest BCUT2D eigenvalue weighted by atomic mass is 10.1. The number of hydrogen-bond donors (Lipinski definition) is 3. The molecule has 0 bridgehead atoms. The number of benzene rings is 2. The van der Waals surface area contributed by atoms with Crippen molar-refractivity contribution in [2.45, 2.75) is 20.8 Å². The lowest BCUT2D eigenvalue weighted by Crippen LogP contribution is -2.29. The number of halogens is 1. The topological polar surface area (TPSA) is 87.3 Å². The van der Waals surface area contributed by atoms with Gasteiger partial charge in [-0.3, -0.25) is 14.4 Å². The summed E-state index contributed by atoms with van der Waals surface area (Å²) in [5.41, 5.74) is 3.03. The van der Waals surface area contributed by atoms with Gasteiger partial charge < -0.3 is 16.0 Å². The maximum Gasteiger partial charge on any atom is 0.314 e. The van der Waals surface area contributed by atoms with E-state index in [1.807, 2.05) is 13.0 Å². The molecule has 0 fully saturated rings. The Balaban J connectivity index is 2.09. The van der Waals surface area contributed by atoms with Crippen molar-refractivity contribution in [1.29, 1.82) is 0 Å². The molecule has 0 aromatic heterocycles. The Morgan fingerprint density at radius 2 is 1.48 bits per heavy atom. The van der Waals surface area contributed by atoms with Crippen molar-refractivity contribution in [3.8, 4) is 0 Å². The predicted molar refractivity (Wildman–Crippen MR) is 98.9 cm³/mol. The fourth-order valence-corrected chi connectivity index (χ4v) is 2.68. The summed E-state index contributed by atoms with van der Waals surface area (Å²) in [5, 5.41) is 7.97. The SMILES string of the molecule is CC(=O)Nc1cccc(NC(=O)C(=O)Nc2c(C)cc(C)cc2Cl)c1. The Labute approximate surface area is 150 Å². The quantitative estimate of drug-likeness (QED) is 0.733. The van der Waals surface area contributed by atoms with Gasteiger partial charge in [-0.05, 0) is 49.2 Å². The minimum absolute atomic E-state index is 0.231. The lowest BCUT2D eigenvalue weighted by Gasteiger charge is -2.12. The highest BCUT2D eigenvalue weighted by Gasteiger charge is 2.17. The molecule has 2 aromatic carbocycles. The van der Waals surface area contributed by atoms with Crippen LogP contribution in [0.5, 0.6) is 0 Å². The second-order valence-electron chi connectivity index (χ2n) is 5.61. The molecule has 3 N–H and O–H groups in total. The molecule has 7 heteroatoms. The van der Waals surface area contributed by atoms with E-state index in [4.69, 9.17) is 11.6 Å². The molecule has 0 aliphatic heterocycles. The van der Waals surface area contributed by atoms with E-state index in [9.17, 15) is 14.4 Å². The van der Waals surface area contributed by atoms with Crippen LogP contribution in [0.4, 0.5) is 17.1 Å². The number of aryl methyl sites for hydroxylation is 2. The third kappa shape index (κ3) is 5.06. The van der Waals surface area contributed by atoms with Crippen LogP contribution in [0, 0.1) is 13.8 Å². The number of rotatable bonds is 3. The van der Waals surface area contributed by atoms with Crippen LogP contribution in [0.3, 0.4) is 0 Å². The fourth-order valence-electron chi connectivity index (χ4n) is 2.31. The second kappa shape index (κ2) is 7.81. The van der Waals surface area contributed by atoms with Gasteiger partial charge in [-0.25, -0.2) is 0 Å². The van der Waals surface area contributed by atoms with E-state index in [0.29, 0.717) is 22.1 Å². The zero-order valence-corrected chi connectivity index (χ0v) is 14.8. The summed E-state index contributed by atoms with van der Waals surface area (Å²) in [4.78, 5) is 35.3. The van der Waals surface area contributed by atoms with Crippen molar-refractivity contribution in [2.75, 3.05) is 16.0 Å². The first-order valence-electron chi connectivity index (χ1n) is 7.53. The van der Waals surface area contributed by atoms with E-state index in [2.05, 4.69) is 16.0 Å². The average Bonchev–Trinajstić information content (AvgIpc) is 2.50. The summed E-state index contributed by atoms with van der Waals surface area (Å²) in [7, 11) is 0. The summed E-state index contributed by atoms with van der Waals surface area (Å²) in [5.74, 6) is -1.90. The van der Waals surface area contributed by atoms with E-state index >= 15 is 0 Å². The van der Waals surface area contributed by atoms with Crippen LogP contribution in [0.25, 0.3) is 0 Å². The first-order valence-corrected chi connectivity index (χ1v) is 7.91. The minimum Gasteiger partial charge on any atom is -0.326 e. The molecular weight excluding hydrogens is 342 g/mol. The van der Waals surface area contributed by atoms with E-state index in [0.717, 1.165) is 11.1 Å². The Kier molecular flexibility index (Phi) is 5.77. The van der Waals surface area contributed by atoms with Gasteiger partial charge in [-0.1, -0.05) is 23.7 Å². The third-order valence-electron chi connectivity index (χ3n) is 3.32. The normalized spacial score (nSPS) is 10.1. The molecule has 0 aliphatic carbocycles. The van der Waals surface area contributed by atoms with E-state index in [1.165, 1.54) is 6.92 Å².